The number of aromatic nitrogens is 1. The Hall–Kier alpha value is -2.07. The molecule has 0 radical (unpaired) electrons. The Balaban J connectivity index is 1.78. The van der Waals surface area contributed by atoms with Crippen LogP contribution in [0.15, 0.2) is 41.3 Å². The first-order valence-electron chi connectivity index (χ1n) is 8.90. The summed E-state index contributed by atoms with van der Waals surface area (Å²) in [7, 11) is 0. The second-order valence-electron chi connectivity index (χ2n) is 6.42. The Morgan fingerprint density at radius 2 is 1.88 bits per heavy atom. The van der Waals surface area contributed by atoms with E-state index in [1.54, 1.807) is 0 Å². The maximum absolute atomic E-state index is 12.9. The van der Waals surface area contributed by atoms with Crippen LogP contribution in [0.4, 0.5) is 0 Å². The molecule has 1 aliphatic rings. The predicted octanol–water partition coefficient (Wildman–Crippen LogP) is 3.50. The van der Waals surface area contributed by atoms with Crippen LogP contribution < -0.4 is 10.2 Å². The lowest BCUT2D eigenvalue weighted by Gasteiger charge is -2.26. The fourth-order valence-corrected chi connectivity index (χ4v) is 3.21. The van der Waals surface area contributed by atoms with Gasteiger partial charge in [0.25, 0.3) is 0 Å². The topological polar surface area (TPSA) is 45.3 Å². The van der Waals surface area contributed by atoms with Crippen molar-refractivity contribution < 1.29 is 4.74 Å². The van der Waals surface area contributed by atoms with E-state index in [1.165, 1.54) is 19.3 Å². The van der Waals surface area contributed by atoms with Crippen molar-refractivity contribution in [2.45, 2.75) is 45.8 Å². The zero-order valence-corrected chi connectivity index (χ0v) is 14.4. The first kappa shape index (κ1) is 16.8. The zero-order chi connectivity index (χ0) is 16.8. The summed E-state index contributed by atoms with van der Waals surface area (Å²) >= 11 is 0. The van der Waals surface area contributed by atoms with Gasteiger partial charge in [-0.3, -0.25) is 9.69 Å². The molecule has 0 atom stereocenters. The third-order valence-corrected chi connectivity index (χ3v) is 4.61. The molecule has 1 aromatic carbocycles. The van der Waals surface area contributed by atoms with Gasteiger partial charge in [0, 0.05) is 18.3 Å². The van der Waals surface area contributed by atoms with E-state index in [0.717, 1.165) is 36.3 Å². The number of hydrogen-bond acceptors (Lipinski definition) is 3. The summed E-state index contributed by atoms with van der Waals surface area (Å²) in [6, 6.07) is 9.97. The average Bonchev–Trinajstić information content (AvgIpc) is 2.64. The van der Waals surface area contributed by atoms with Gasteiger partial charge in [-0.25, -0.2) is 0 Å². The predicted molar refractivity (Wildman–Crippen MR) is 96.3 cm³/mol. The SMILES string of the molecule is CCc1[nH]cc(CN2CCCCC2)c(=O)c1OCc1ccccc1. The van der Waals surface area contributed by atoms with Crippen LogP contribution in [0.2, 0.25) is 0 Å². The van der Waals surface area contributed by atoms with Crippen molar-refractivity contribution in [1.29, 1.82) is 0 Å². The second-order valence-corrected chi connectivity index (χ2v) is 6.42. The number of hydrogen-bond donors (Lipinski definition) is 1. The highest BCUT2D eigenvalue weighted by molar-refractivity contribution is 5.32. The van der Waals surface area contributed by atoms with Crippen LogP contribution in [-0.4, -0.2) is 23.0 Å². The van der Waals surface area contributed by atoms with Gasteiger partial charge in [-0.05, 0) is 37.9 Å². The van der Waals surface area contributed by atoms with Crippen molar-refractivity contribution in [2.24, 2.45) is 0 Å². The lowest BCUT2D eigenvalue weighted by Crippen LogP contribution is -2.31. The first-order valence-corrected chi connectivity index (χ1v) is 8.90. The number of H-pyrrole nitrogens is 1. The number of aryl methyl sites for hydroxylation is 1. The minimum atomic E-state index is 0.0344. The van der Waals surface area contributed by atoms with Gasteiger partial charge >= 0.3 is 0 Å². The molecule has 0 aliphatic carbocycles. The smallest absolute Gasteiger partial charge is 0.228 e. The fourth-order valence-electron chi connectivity index (χ4n) is 3.21. The van der Waals surface area contributed by atoms with Crippen LogP contribution >= 0.6 is 0 Å². The number of ether oxygens (including phenoxy) is 1. The third kappa shape index (κ3) is 4.06. The summed E-state index contributed by atoms with van der Waals surface area (Å²) in [5, 5.41) is 0. The molecular formula is C20H26N2O2. The number of nitrogens with zero attached hydrogens (tertiary/aromatic N) is 1. The molecular weight excluding hydrogens is 300 g/mol. The summed E-state index contributed by atoms with van der Waals surface area (Å²) in [4.78, 5) is 18.5. The minimum absolute atomic E-state index is 0.0344. The van der Waals surface area contributed by atoms with Crippen LogP contribution in [0.1, 0.15) is 43.0 Å². The van der Waals surface area contributed by atoms with Gasteiger partial charge in [-0.1, -0.05) is 43.7 Å². The summed E-state index contributed by atoms with van der Waals surface area (Å²) in [5.74, 6) is 0.482. The van der Waals surface area contributed by atoms with E-state index in [-0.39, 0.29) is 5.43 Å². The lowest BCUT2D eigenvalue weighted by molar-refractivity contribution is 0.219. The van der Waals surface area contributed by atoms with Crippen molar-refractivity contribution in [3.63, 3.8) is 0 Å². The molecule has 1 saturated heterocycles. The Labute approximate surface area is 143 Å². The molecule has 0 unspecified atom stereocenters. The largest absolute Gasteiger partial charge is 0.483 e. The maximum Gasteiger partial charge on any atom is 0.228 e. The van der Waals surface area contributed by atoms with E-state index < -0.39 is 0 Å². The summed E-state index contributed by atoms with van der Waals surface area (Å²) in [6.45, 7) is 5.32. The van der Waals surface area contributed by atoms with Gasteiger partial charge < -0.3 is 9.72 Å². The van der Waals surface area contributed by atoms with Crippen LogP contribution in [0, 0.1) is 0 Å². The van der Waals surface area contributed by atoms with Crippen molar-refractivity contribution in [1.82, 2.24) is 9.88 Å². The molecule has 1 N–H and O–H groups in total. The van der Waals surface area contributed by atoms with Crippen molar-refractivity contribution in [3.8, 4) is 5.75 Å². The van der Waals surface area contributed by atoms with Crippen LogP contribution in [0.25, 0.3) is 0 Å². The Morgan fingerprint density at radius 1 is 1.12 bits per heavy atom. The molecule has 0 spiro atoms. The zero-order valence-electron chi connectivity index (χ0n) is 14.4. The van der Waals surface area contributed by atoms with Crippen molar-refractivity contribution in [3.05, 3.63) is 63.6 Å². The Morgan fingerprint density at radius 3 is 2.58 bits per heavy atom. The molecule has 1 aromatic heterocycles. The minimum Gasteiger partial charge on any atom is -0.483 e. The number of benzene rings is 1. The van der Waals surface area contributed by atoms with Crippen LogP contribution in [0.3, 0.4) is 0 Å². The quantitative estimate of drug-likeness (QED) is 0.883. The molecule has 2 heterocycles. The summed E-state index contributed by atoms with van der Waals surface area (Å²) in [5.41, 5.74) is 2.78. The van der Waals surface area contributed by atoms with Gasteiger partial charge in [-0.2, -0.15) is 0 Å². The van der Waals surface area contributed by atoms with E-state index in [1.807, 2.05) is 43.5 Å². The molecule has 3 rings (SSSR count). The number of piperidine rings is 1. The average molecular weight is 326 g/mol. The Kier molecular flexibility index (Phi) is 5.70. The third-order valence-electron chi connectivity index (χ3n) is 4.61. The van der Waals surface area contributed by atoms with Gasteiger partial charge in [0.2, 0.25) is 5.43 Å². The highest BCUT2D eigenvalue weighted by atomic mass is 16.5. The van der Waals surface area contributed by atoms with E-state index in [2.05, 4.69) is 9.88 Å². The van der Waals surface area contributed by atoms with Crippen LogP contribution in [0.5, 0.6) is 5.75 Å². The highest BCUT2D eigenvalue weighted by Crippen LogP contribution is 2.17. The van der Waals surface area contributed by atoms with Gasteiger partial charge in [-0.15, -0.1) is 0 Å². The first-order chi connectivity index (χ1) is 11.8. The summed E-state index contributed by atoms with van der Waals surface area (Å²) < 4.78 is 5.91. The molecule has 0 bridgehead atoms. The van der Waals surface area contributed by atoms with E-state index in [9.17, 15) is 4.79 Å². The molecule has 0 amide bonds. The van der Waals surface area contributed by atoms with E-state index in [4.69, 9.17) is 4.74 Å². The molecule has 2 aromatic rings. The standard InChI is InChI=1S/C20H26N2O2/c1-2-18-20(24-15-16-9-5-3-6-10-16)19(23)17(13-21-18)14-22-11-7-4-8-12-22/h3,5-6,9-10,13H,2,4,7-8,11-12,14-15H2,1H3,(H,21,23). The highest BCUT2D eigenvalue weighted by Gasteiger charge is 2.16. The summed E-state index contributed by atoms with van der Waals surface area (Å²) in [6.07, 6.45) is 6.37. The number of nitrogens with one attached hydrogen (secondary N) is 1. The molecule has 1 aliphatic heterocycles. The normalized spacial score (nSPS) is 15.4. The van der Waals surface area contributed by atoms with Crippen LogP contribution in [-0.2, 0) is 19.6 Å². The molecule has 24 heavy (non-hydrogen) atoms. The van der Waals surface area contributed by atoms with Gasteiger partial charge in [0.1, 0.15) is 6.61 Å². The molecule has 1 fully saturated rings. The number of rotatable bonds is 6. The molecule has 128 valence electrons. The van der Waals surface area contributed by atoms with Gasteiger partial charge in [0.15, 0.2) is 5.75 Å². The number of likely N-dealkylation sites (tertiary alicyclic amines) is 1. The number of aromatic amines is 1. The molecule has 0 saturated carbocycles. The van der Waals surface area contributed by atoms with Crippen molar-refractivity contribution in [2.75, 3.05) is 13.1 Å². The monoisotopic (exact) mass is 326 g/mol. The Bertz CT molecular complexity index is 703. The van der Waals surface area contributed by atoms with E-state index in [0.29, 0.717) is 18.9 Å². The number of pyridine rings is 1. The molecule has 4 nitrogen and oxygen atoms in total. The molecule has 4 heteroatoms. The van der Waals surface area contributed by atoms with Gasteiger partial charge in [0.05, 0.1) is 5.69 Å². The second kappa shape index (κ2) is 8.15. The van der Waals surface area contributed by atoms with Crippen molar-refractivity contribution >= 4 is 0 Å². The fraction of sp³-hybridized carbons (Fsp3) is 0.450. The lowest BCUT2D eigenvalue weighted by atomic mass is 10.1. The van der Waals surface area contributed by atoms with E-state index >= 15 is 0 Å². The maximum atomic E-state index is 12.9.